The van der Waals surface area contributed by atoms with E-state index in [2.05, 4.69) is 32.6 Å². The first-order chi connectivity index (χ1) is 11.8. The Balaban J connectivity index is 2.14. The second kappa shape index (κ2) is 8.49. The molecule has 1 unspecified atom stereocenters. The van der Waals surface area contributed by atoms with Gasteiger partial charge in [-0.3, -0.25) is 14.4 Å². The molecule has 0 N–H and O–H groups in total. The monoisotopic (exact) mass is 354 g/mol. The number of nitrogens with zero attached hydrogens (tertiary/aromatic N) is 2. The number of esters is 1. The van der Waals surface area contributed by atoms with Crippen LogP contribution < -0.4 is 0 Å². The van der Waals surface area contributed by atoms with Gasteiger partial charge in [0.25, 0.3) is 0 Å². The van der Waals surface area contributed by atoms with E-state index in [0.29, 0.717) is 18.4 Å². The Morgan fingerprint density at radius 2 is 1.84 bits per heavy atom. The number of carbonyl (C=O) groups excluding carboxylic acids is 2. The zero-order valence-electron chi connectivity index (χ0n) is 16.4. The molecule has 0 aromatic heterocycles. The molecule has 0 bridgehead atoms. The van der Waals surface area contributed by atoms with Crippen molar-refractivity contribution in [1.82, 2.24) is 9.96 Å². The normalized spacial score (nSPS) is 23.9. The number of piperidine rings is 1. The van der Waals surface area contributed by atoms with Crippen LogP contribution in [0.5, 0.6) is 0 Å². The SMILES string of the molecule is COC(=O)C1CC(=O)N(OCCC(C)C)C12CCN(CC(C)C)CC2. The highest BCUT2D eigenvalue weighted by Crippen LogP contribution is 2.44. The standard InChI is InChI=1S/C19H34N2O4/c1-14(2)6-11-25-21-17(22)12-16(18(23)24-5)19(21)7-9-20(10-8-19)13-15(3)4/h14-16H,6-13H2,1-5H3. The number of likely N-dealkylation sites (tertiary alicyclic amines) is 1. The fraction of sp³-hybridized carbons (Fsp3) is 0.895. The first kappa shape index (κ1) is 20.2. The van der Waals surface area contributed by atoms with Crippen LogP contribution in [0.3, 0.4) is 0 Å². The summed E-state index contributed by atoms with van der Waals surface area (Å²) in [5.74, 6) is 0.314. The van der Waals surface area contributed by atoms with Gasteiger partial charge in [-0.1, -0.05) is 27.7 Å². The zero-order valence-corrected chi connectivity index (χ0v) is 16.4. The van der Waals surface area contributed by atoms with Crippen LogP contribution in [0.15, 0.2) is 0 Å². The molecule has 2 rings (SSSR count). The van der Waals surface area contributed by atoms with E-state index in [1.165, 1.54) is 7.11 Å². The highest BCUT2D eigenvalue weighted by Gasteiger charge is 2.58. The van der Waals surface area contributed by atoms with Gasteiger partial charge in [0.05, 0.1) is 25.2 Å². The quantitative estimate of drug-likeness (QED) is 0.658. The summed E-state index contributed by atoms with van der Waals surface area (Å²) in [6, 6.07) is 0. The average molecular weight is 354 g/mol. The number of hydroxylamine groups is 2. The van der Waals surface area contributed by atoms with Crippen LogP contribution in [-0.2, 0) is 19.2 Å². The maximum Gasteiger partial charge on any atom is 0.311 e. The molecule has 2 heterocycles. The lowest BCUT2D eigenvalue weighted by molar-refractivity contribution is -0.224. The van der Waals surface area contributed by atoms with Crippen molar-refractivity contribution < 1.29 is 19.2 Å². The van der Waals surface area contributed by atoms with E-state index < -0.39 is 11.5 Å². The van der Waals surface area contributed by atoms with Crippen LogP contribution >= 0.6 is 0 Å². The van der Waals surface area contributed by atoms with Gasteiger partial charge < -0.3 is 9.64 Å². The largest absolute Gasteiger partial charge is 0.469 e. The minimum absolute atomic E-state index is 0.0866. The fourth-order valence-electron chi connectivity index (χ4n) is 4.05. The van der Waals surface area contributed by atoms with Gasteiger partial charge in [0.15, 0.2) is 0 Å². The molecule has 0 aromatic rings. The fourth-order valence-corrected chi connectivity index (χ4v) is 4.05. The summed E-state index contributed by atoms with van der Waals surface area (Å²) in [5, 5.41) is 1.55. The molecule has 2 fully saturated rings. The Bertz CT molecular complexity index is 470. The second-order valence-corrected chi connectivity index (χ2v) is 8.28. The van der Waals surface area contributed by atoms with Crippen molar-refractivity contribution in [2.45, 2.75) is 58.9 Å². The van der Waals surface area contributed by atoms with Crippen molar-refractivity contribution in [3.63, 3.8) is 0 Å². The second-order valence-electron chi connectivity index (χ2n) is 8.28. The molecule has 1 spiro atoms. The number of methoxy groups -OCH3 is 1. The summed E-state index contributed by atoms with van der Waals surface area (Å²) in [5.41, 5.74) is -0.547. The van der Waals surface area contributed by atoms with E-state index in [1.54, 1.807) is 5.06 Å². The maximum absolute atomic E-state index is 12.6. The molecule has 144 valence electrons. The molecule has 2 aliphatic heterocycles. The third-order valence-electron chi connectivity index (χ3n) is 5.40. The third-order valence-corrected chi connectivity index (χ3v) is 5.40. The minimum atomic E-state index is -0.547. The molecular weight excluding hydrogens is 320 g/mol. The van der Waals surface area contributed by atoms with Crippen LogP contribution in [0.25, 0.3) is 0 Å². The lowest BCUT2D eigenvalue weighted by Gasteiger charge is -2.46. The summed E-state index contributed by atoms with van der Waals surface area (Å²) in [6.45, 7) is 12.0. The molecule has 0 aromatic carbocycles. The maximum atomic E-state index is 12.6. The van der Waals surface area contributed by atoms with Gasteiger partial charge in [-0.25, -0.2) is 5.06 Å². The highest BCUT2D eigenvalue weighted by molar-refractivity contribution is 5.88. The summed E-state index contributed by atoms with van der Waals surface area (Å²) in [6.07, 6.45) is 2.60. The number of hydrogen-bond acceptors (Lipinski definition) is 5. The van der Waals surface area contributed by atoms with Crippen molar-refractivity contribution in [3.8, 4) is 0 Å². The number of hydrogen-bond donors (Lipinski definition) is 0. The highest BCUT2D eigenvalue weighted by atomic mass is 16.7. The third kappa shape index (κ3) is 4.53. The van der Waals surface area contributed by atoms with Crippen molar-refractivity contribution in [1.29, 1.82) is 0 Å². The number of rotatable bonds is 7. The van der Waals surface area contributed by atoms with Crippen molar-refractivity contribution in [3.05, 3.63) is 0 Å². The molecule has 2 saturated heterocycles. The van der Waals surface area contributed by atoms with E-state index in [4.69, 9.17) is 9.57 Å². The van der Waals surface area contributed by atoms with Gasteiger partial charge in [0.1, 0.15) is 0 Å². The molecule has 0 saturated carbocycles. The molecule has 1 atom stereocenters. The lowest BCUT2D eigenvalue weighted by atomic mass is 9.77. The van der Waals surface area contributed by atoms with E-state index in [-0.39, 0.29) is 18.3 Å². The zero-order chi connectivity index (χ0) is 18.6. The van der Waals surface area contributed by atoms with E-state index in [1.807, 2.05) is 0 Å². The summed E-state index contributed by atoms with van der Waals surface area (Å²) < 4.78 is 5.01. The van der Waals surface area contributed by atoms with Crippen LogP contribution in [0, 0.1) is 17.8 Å². The van der Waals surface area contributed by atoms with E-state index in [0.717, 1.165) is 38.9 Å². The Kier molecular flexibility index (Phi) is 6.86. The van der Waals surface area contributed by atoms with Crippen LogP contribution in [0.1, 0.15) is 53.4 Å². The lowest BCUT2D eigenvalue weighted by Crippen LogP contribution is -2.57. The topological polar surface area (TPSA) is 59.1 Å². The van der Waals surface area contributed by atoms with E-state index >= 15 is 0 Å². The van der Waals surface area contributed by atoms with Crippen molar-refractivity contribution in [2.75, 3.05) is 33.4 Å². The number of carbonyl (C=O) groups is 2. The van der Waals surface area contributed by atoms with Gasteiger partial charge in [-0.15, -0.1) is 0 Å². The summed E-state index contributed by atoms with van der Waals surface area (Å²) in [7, 11) is 1.40. The average Bonchev–Trinajstić information content (AvgIpc) is 2.81. The van der Waals surface area contributed by atoms with Gasteiger partial charge in [0.2, 0.25) is 5.91 Å². The predicted molar refractivity (Wildman–Crippen MR) is 95.6 cm³/mol. The first-order valence-corrected chi connectivity index (χ1v) is 9.56. The molecule has 25 heavy (non-hydrogen) atoms. The van der Waals surface area contributed by atoms with Crippen LogP contribution in [-0.4, -0.2) is 60.7 Å². The van der Waals surface area contributed by atoms with Crippen LogP contribution in [0.4, 0.5) is 0 Å². The van der Waals surface area contributed by atoms with Gasteiger partial charge in [-0.2, -0.15) is 0 Å². The van der Waals surface area contributed by atoms with Gasteiger partial charge in [-0.05, 0) is 31.1 Å². The van der Waals surface area contributed by atoms with Crippen molar-refractivity contribution in [2.24, 2.45) is 17.8 Å². The summed E-state index contributed by atoms with van der Waals surface area (Å²) >= 11 is 0. The molecule has 6 heteroatoms. The Morgan fingerprint density at radius 1 is 1.20 bits per heavy atom. The molecule has 6 nitrogen and oxygen atoms in total. The first-order valence-electron chi connectivity index (χ1n) is 9.56. The Labute approximate surface area is 151 Å². The summed E-state index contributed by atoms with van der Waals surface area (Å²) in [4.78, 5) is 33.3. The number of amides is 1. The van der Waals surface area contributed by atoms with Gasteiger partial charge >= 0.3 is 5.97 Å². The molecule has 2 aliphatic rings. The minimum Gasteiger partial charge on any atom is -0.469 e. The molecule has 0 radical (unpaired) electrons. The molecule has 1 amide bonds. The van der Waals surface area contributed by atoms with Crippen LogP contribution in [0.2, 0.25) is 0 Å². The Morgan fingerprint density at radius 3 is 2.36 bits per heavy atom. The van der Waals surface area contributed by atoms with Gasteiger partial charge in [0, 0.05) is 26.1 Å². The molecular formula is C19H34N2O4. The van der Waals surface area contributed by atoms with E-state index in [9.17, 15) is 9.59 Å². The van der Waals surface area contributed by atoms with Crippen molar-refractivity contribution >= 4 is 11.9 Å². The smallest absolute Gasteiger partial charge is 0.311 e. The number of ether oxygens (including phenoxy) is 1. The predicted octanol–water partition coefficient (Wildman–Crippen LogP) is 2.48. The molecule has 0 aliphatic carbocycles. The Hall–Kier alpha value is -1.14.